The van der Waals surface area contributed by atoms with Gasteiger partial charge < -0.3 is 5.11 Å². The zero-order valence-corrected chi connectivity index (χ0v) is 12.3. The van der Waals surface area contributed by atoms with Crippen LogP contribution < -0.4 is 5.43 Å². The summed E-state index contributed by atoms with van der Waals surface area (Å²) in [5, 5.41) is 23.1. The summed E-state index contributed by atoms with van der Waals surface area (Å²) in [4.78, 5) is 12.5. The van der Waals surface area contributed by atoms with Gasteiger partial charge in [0.2, 0.25) is 5.78 Å². The predicted molar refractivity (Wildman–Crippen MR) is 89.0 cm³/mol. The maximum atomic E-state index is 12.5. The fraction of sp³-hybridized carbons (Fsp3) is 0.0556. The van der Waals surface area contributed by atoms with Crippen molar-refractivity contribution in [2.45, 2.75) is 6.10 Å². The van der Waals surface area contributed by atoms with Crippen LogP contribution in [0.15, 0.2) is 77.9 Å². The zero-order chi connectivity index (χ0) is 16.7. The monoisotopic (exact) mass is 305 g/mol. The number of nitrogens with one attached hydrogen (secondary N) is 1. The van der Waals surface area contributed by atoms with Gasteiger partial charge in [-0.15, -0.1) is 0 Å². The minimum Gasteiger partial charge on any atom is -0.381 e. The summed E-state index contributed by atoms with van der Waals surface area (Å²) in [6.07, 6.45) is -1.47. The predicted octanol–water partition coefficient (Wildman–Crippen LogP) is 2.78. The fourth-order valence-electron chi connectivity index (χ4n) is 1.84. The molecule has 0 saturated carbocycles. The number of hydrogen-bond acceptors (Lipinski definition) is 5. The second-order valence-corrected chi connectivity index (χ2v) is 4.71. The van der Waals surface area contributed by atoms with Crippen molar-refractivity contribution in [1.29, 1.82) is 5.26 Å². The van der Waals surface area contributed by atoms with Crippen LogP contribution in [-0.2, 0) is 0 Å². The molecule has 5 heteroatoms. The van der Waals surface area contributed by atoms with Crippen LogP contribution in [0.3, 0.4) is 0 Å². The van der Waals surface area contributed by atoms with E-state index in [0.29, 0.717) is 11.3 Å². The summed E-state index contributed by atoms with van der Waals surface area (Å²) in [6, 6.07) is 19.2. The molecule has 0 bridgehead atoms. The van der Waals surface area contributed by atoms with Crippen LogP contribution in [0.5, 0.6) is 0 Å². The molecule has 0 aromatic heterocycles. The lowest BCUT2D eigenvalue weighted by Gasteiger charge is -2.12. The Bertz CT molecular complexity index is 762. The third-order valence-electron chi connectivity index (χ3n) is 3.08. The maximum absolute atomic E-state index is 12.5. The Labute approximate surface area is 134 Å². The second-order valence-electron chi connectivity index (χ2n) is 4.71. The van der Waals surface area contributed by atoms with Crippen LogP contribution in [0.1, 0.15) is 10.4 Å². The van der Waals surface area contributed by atoms with Gasteiger partial charge in [-0.3, -0.25) is 10.2 Å². The summed E-state index contributed by atoms with van der Waals surface area (Å²) in [5.41, 5.74) is 3.39. The average Bonchev–Trinajstić information content (AvgIpc) is 2.62. The molecule has 0 heterocycles. The third-order valence-corrected chi connectivity index (χ3v) is 3.08. The highest BCUT2D eigenvalue weighted by Gasteiger charge is 2.24. The van der Waals surface area contributed by atoms with Crippen LogP contribution in [0.2, 0.25) is 0 Å². The topological polar surface area (TPSA) is 85.5 Å². The minimum atomic E-state index is -1.47. The van der Waals surface area contributed by atoms with E-state index >= 15 is 0 Å². The van der Waals surface area contributed by atoms with Crippen molar-refractivity contribution < 1.29 is 9.90 Å². The molecule has 5 nitrogen and oxygen atoms in total. The van der Waals surface area contributed by atoms with E-state index in [9.17, 15) is 9.90 Å². The Balaban J connectivity index is 2.34. The van der Waals surface area contributed by atoms with Gasteiger partial charge in [0.15, 0.2) is 0 Å². The molecule has 1 unspecified atom stereocenters. The number of anilines is 1. The van der Waals surface area contributed by atoms with Gasteiger partial charge in [-0.25, -0.2) is 0 Å². The Kier molecular flexibility index (Phi) is 5.40. The molecule has 23 heavy (non-hydrogen) atoms. The quantitative estimate of drug-likeness (QED) is 0.372. The van der Waals surface area contributed by atoms with Gasteiger partial charge in [-0.05, 0) is 12.1 Å². The van der Waals surface area contributed by atoms with E-state index < -0.39 is 11.9 Å². The summed E-state index contributed by atoms with van der Waals surface area (Å²) < 4.78 is 0. The van der Waals surface area contributed by atoms with Crippen molar-refractivity contribution in [2.24, 2.45) is 5.10 Å². The van der Waals surface area contributed by atoms with Crippen LogP contribution in [0.4, 0.5) is 5.69 Å². The number of hydrazone groups is 1. The Morgan fingerprint density at radius 1 is 1.13 bits per heavy atom. The molecule has 2 aromatic carbocycles. The smallest absolute Gasteiger partial charge is 0.212 e. The summed E-state index contributed by atoms with van der Waals surface area (Å²) >= 11 is 0. The number of rotatable bonds is 6. The van der Waals surface area contributed by atoms with E-state index in [0.717, 1.165) is 0 Å². The molecule has 0 fully saturated rings. The first-order valence-corrected chi connectivity index (χ1v) is 6.89. The number of ketones is 1. The van der Waals surface area contributed by atoms with Gasteiger partial charge in [0, 0.05) is 5.56 Å². The van der Waals surface area contributed by atoms with E-state index in [-0.39, 0.29) is 11.3 Å². The van der Waals surface area contributed by atoms with Crippen molar-refractivity contribution in [3.63, 3.8) is 0 Å². The lowest BCUT2D eigenvalue weighted by atomic mass is 9.99. The number of carbonyl (C=O) groups excluding carboxylic acids is 1. The van der Waals surface area contributed by atoms with Gasteiger partial charge in [-0.2, -0.15) is 10.4 Å². The van der Waals surface area contributed by atoms with Crippen molar-refractivity contribution in [3.8, 4) is 6.07 Å². The Morgan fingerprint density at radius 2 is 1.70 bits per heavy atom. The van der Waals surface area contributed by atoms with Crippen LogP contribution >= 0.6 is 0 Å². The number of carbonyl (C=O) groups is 1. The van der Waals surface area contributed by atoms with E-state index in [1.54, 1.807) is 60.7 Å². The van der Waals surface area contributed by atoms with E-state index in [1.165, 1.54) is 0 Å². The first-order valence-electron chi connectivity index (χ1n) is 6.89. The fourth-order valence-corrected chi connectivity index (χ4v) is 1.84. The molecule has 1 atom stereocenters. The molecule has 114 valence electrons. The maximum Gasteiger partial charge on any atom is 0.212 e. The number of Topliss-reactive ketones (excluding diaryl/α,β-unsaturated/α-hetero) is 1. The number of nitriles is 1. The number of benzene rings is 2. The van der Waals surface area contributed by atoms with Crippen molar-refractivity contribution >= 4 is 17.2 Å². The van der Waals surface area contributed by atoms with Gasteiger partial charge in [0.1, 0.15) is 11.8 Å². The van der Waals surface area contributed by atoms with E-state index in [2.05, 4.69) is 17.1 Å². The Morgan fingerprint density at radius 3 is 2.26 bits per heavy atom. The number of hydrogen-bond donors (Lipinski definition) is 2. The van der Waals surface area contributed by atoms with Crippen molar-refractivity contribution in [2.75, 3.05) is 5.43 Å². The first-order chi connectivity index (χ1) is 11.1. The molecule has 2 N–H and O–H groups in total. The van der Waals surface area contributed by atoms with Crippen LogP contribution in [0.25, 0.3) is 0 Å². The summed E-state index contributed by atoms with van der Waals surface area (Å²) in [7, 11) is 0. The van der Waals surface area contributed by atoms with E-state index in [1.807, 2.05) is 6.07 Å². The van der Waals surface area contributed by atoms with Gasteiger partial charge in [0.05, 0.1) is 17.3 Å². The molecule has 0 aliphatic carbocycles. The van der Waals surface area contributed by atoms with Crippen LogP contribution in [0, 0.1) is 11.3 Å². The highest BCUT2D eigenvalue weighted by molar-refractivity contribution is 6.48. The average molecular weight is 305 g/mol. The molecular formula is C18H15N3O2. The van der Waals surface area contributed by atoms with Gasteiger partial charge >= 0.3 is 0 Å². The number of nitrogens with zero attached hydrogens (tertiary/aromatic N) is 2. The number of aliphatic hydroxyl groups excluding tert-OH is 1. The molecule has 2 rings (SSSR count). The Hall–Kier alpha value is -3.23. The van der Waals surface area contributed by atoms with Crippen LogP contribution in [-0.4, -0.2) is 22.7 Å². The number of para-hydroxylation sites is 1. The third kappa shape index (κ3) is 4.13. The summed E-state index contributed by atoms with van der Waals surface area (Å²) in [5.74, 6) is -0.474. The van der Waals surface area contributed by atoms with E-state index in [4.69, 9.17) is 5.26 Å². The second kappa shape index (κ2) is 7.69. The van der Waals surface area contributed by atoms with Crippen molar-refractivity contribution in [1.82, 2.24) is 0 Å². The molecular weight excluding hydrogens is 290 g/mol. The molecule has 0 aliphatic heterocycles. The molecule has 0 aliphatic rings. The van der Waals surface area contributed by atoms with Gasteiger partial charge in [0.25, 0.3) is 0 Å². The standard InChI is InChI=1S/C18H15N3O2/c1-13(12-19)17(22)16(18(23)14-8-4-2-5-9-14)21-20-15-10-6-3-7-11-15/h2-11,17,20,22H,1H2. The molecule has 0 radical (unpaired) electrons. The minimum absolute atomic E-state index is 0.150. The lowest BCUT2D eigenvalue weighted by molar-refractivity contribution is 0.105. The van der Waals surface area contributed by atoms with Crippen molar-refractivity contribution in [3.05, 3.63) is 78.4 Å². The zero-order valence-electron chi connectivity index (χ0n) is 12.3. The normalized spacial score (nSPS) is 12.1. The van der Waals surface area contributed by atoms with Gasteiger partial charge in [-0.1, -0.05) is 55.1 Å². The molecule has 0 amide bonds. The molecule has 0 spiro atoms. The highest BCUT2D eigenvalue weighted by Crippen LogP contribution is 2.11. The molecule has 2 aromatic rings. The lowest BCUT2D eigenvalue weighted by Crippen LogP contribution is -2.31. The largest absolute Gasteiger partial charge is 0.381 e. The SMILES string of the molecule is C=C(C#N)C(O)C(=NNc1ccccc1)C(=O)c1ccccc1. The first kappa shape index (κ1) is 16.1. The summed E-state index contributed by atoms with van der Waals surface area (Å²) in [6.45, 7) is 3.45. The highest BCUT2D eigenvalue weighted by atomic mass is 16.3. The molecule has 0 saturated heterocycles. The number of aliphatic hydroxyl groups is 1.